The number of phosphoric ester groups is 1. The average Bonchev–Trinajstić information content (AvgIpc) is 3.07. The summed E-state index contributed by atoms with van der Waals surface area (Å²) in [5.74, 6) is -0.343. The first-order valence-electron chi connectivity index (χ1n) is 19.8. The van der Waals surface area contributed by atoms with E-state index in [1.54, 1.807) is 0 Å². The molecule has 0 saturated carbocycles. The molecular weight excluding hydrogens is 625 g/mol. The highest BCUT2D eigenvalue weighted by atomic mass is 31.2. The number of hydrogen-bond acceptors (Lipinski definition) is 7. The third-order valence-corrected chi connectivity index (χ3v) is 9.33. The van der Waals surface area contributed by atoms with Gasteiger partial charge < -0.3 is 20.1 Å². The minimum absolute atomic E-state index is 0.0981. The van der Waals surface area contributed by atoms with Gasteiger partial charge in [-0.2, -0.15) is 0 Å². The fourth-order valence-corrected chi connectivity index (χ4v) is 6.16. The Labute approximate surface area is 296 Å². The topological polar surface area (TPSA) is 117 Å². The molecule has 0 aliphatic carbocycles. The van der Waals surface area contributed by atoms with E-state index in [0.29, 0.717) is 13.0 Å². The molecule has 0 spiro atoms. The van der Waals surface area contributed by atoms with E-state index < -0.39 is 13.9 Å². The van der Waals surface area contributed by atoms with E-state index in [1.165, 1.54) is 103 Å². The highest BCUT2D eigenvalue weighted by Crippen LogP contribution is 2.43. The predicted octanol–water partition coefficient (Wildman–Crippen LogP) is 11.3. The molecule has 0 aliphatic heterocycles. The number of allylic oxidation sites excluding steroid dienone is 4. The van der Waals surface area contributed by atoms with Crippen LogP contribution in [-0.4, -0.2) is 49.9 Å². The van der Waals surface area contributed by atoms with Crippen LogP contribution in [-0.2, 0) is 27.9 Å². The van der Waals surface area contributed by atoms with Gasteiger partial charge in [0.2, 0.25) is 0 Å². The van der Waals surface area contributed by atoms with Crippen LogP contribution < -0.4 is 5.73 Å². The van der Waals surface area contributed by atoms with E-state index in [9.17, 15) is 14.3 Å². The van der Waals surface area contributed by atoms with Crippen LogP contribution in [0.3, 0.4) is 0 Å². The zero-order valence-corrected chi connectivity index (χ0v) is 32.1. The lowest BCUT2D eigenvalue weighted by atomic mass is 10.1. The summed E-state index contributed by atoms with van der Waals surface area (Å²) in [7, 11) is -4.27. The van der Waals surface area contributed by atoms with Crippen LogP contribution in [0.2, 0.25) is 0 Å². The molecule has 0 aromatic rings. The van der Waals surface area contributed by atoms with Crippen molar-refractivity contribution in [3.8, 4) is 0 Å². The lowest BCUT2D eigenvalue weighted by Gasteiger charge is -2.20. The molecule has 8 nitrogen and oxygen atoms in total. The molecule has 0 fully saturated rings. The summed E-state index contributed by atoms with van der Waals surface area (Å²) >= 11 is 0. The van der Waals surface area contributed by atoms with E-state index in [-0.39, 0.29) is 32.3 Å². The van der Waals surface area contributed by atoms with Crippen LogP contribution in [0.15, 0.2) is 24.3 Å². The van der Waals surface area contributed by atoms with Crippen LogP contribution >= 0.6 is 7.82 Å². The average molecular weight is 702 g/mol. The standard InChI is InChI=1S/C39H76NO7P/c1-3-5-7-9-11-13-15-17-18-19-21-23-25-27-29-31-34-44-36-38(37-46-48(42,43)45-35-33-40)47-39(41)32-30-28-26-24-22-20-16-14-12-10-8-6-4-2/h14,16,19,21,38H,3-13,15,17-18,20,22-37,40H2,1-2H3,(H,42,43)/b16-14-,21-19+/t38-/m1/s1. The van der Waals surface area contributed by atoms with Crippen molar-refractivity contribution in [2.24, 2.45) is 5.73 Å². The largest absolute Gasteiger partial charge is 0.472 e. The van der Waals surface area contributed by atoms with Crippen LogP contribution in [0.25, 0.3) is 0 Å². The second-order valence-corrected chi connectivity index (χ2v) is 14.6. The minimum Gasteiger partial charge on any atom is -0.457 e. The van der Waals surface area contributed by atoms with E-state index in [4.69, 9.17) is 24.3 Å². The van der Waals surface area contributed by atoms with E-state index in [0.717, 1.165) is 57.8 Å². The number of unbranched alkanes of at least 4 members (excludes halogenated alkanes) is 21. The Bertz CT molecular complexity index is 792. The Hall–Kier alpha value is -1.02. The monoisotopic (exact) mass is 702 g/mol. The molecule has 2 atom stereocenters. The molecule has 284 valence electrons. The maximum Gasteiger partial charge on any atom is 0.472 e. The third-order valence-electron chi connectivity index (χ3n) is 8.34. The van der Waals surface area contributed by atoms with Crippen molar-refractivity contribution in [3.05, 3.63) is 24.3 Å². The van der Waals surface area contributed by atoms with Gasteiger partial charge in [-0.1, -0.05) is 134 Å². The molecule has 3 N–H and O–H groups in total. The Morgan fingerprint density at radius 3 is 1.54 bits per heavy atom. The molecule has 0 radical (unpaired) electrons. The summed E-state index contributed by atoms with van der Waals surface area (Å²) in [5, 5.41) is 0. The number of carbonyl (C=O) groups is 1. The molecular formula is C39H76NO7P. The molecule has 0 rings (SSSR count). The molecule has 0 aromatic carbocycles. The first-order valence-corrected chi connectivity index (χ1v) is 21.3. The zero-order chi connectivity index (χ0) is 35.2. The van der Waals surface area contributed by atoms with Gasteiger partial charge in [0.05, 0.1) is 19.8 Å². The van der Waals surface area contributed by atoms with Crippen LogP contribution in [0.4, 0.5) is 0 Å². The van der Waals surface area contributed by atoms with E-state index in [1.807, 2.05) is 0 Å². The first-order chi connectivity index (χ1) is 23.4. The van der Waals surface area contributed by atoms with Crippen molar-refractivity contribution < 1.29 is 32.8 Å². The summed E-state index contributed by atoms with van der Waals surface area (Å²) in [6, 6.07) is 0. The molecule has 0 aliphatic rings. The molecule has 0 bridgehead atoms. The maximum atomic E-state index is 12.5. The van der Waals surface area contributed by atoms with Crippen LogP contribution in [0, 0.1) is 0 Å². The van der Waals surface area contributed by atoms with Crippen molar-refractivity contribution in [2.75, 3.05) is 33.0 Å². The summed E-state index contributed by atoms with van der Waals surface area (Å²) in [5.41, 5.74) is 5.35. The van der Waals surface area contributed by atoms with E-state index in [2.05, 4.69) is 38.2 Å². The fourth-order valence-electron chi connectivity index (χ4n) is 5.40. The van der Waals surface area contributed by atoms with Crippen molar-refractivity contribution in [1.82, 2.24) is 0 Å². The van der Waals surface area contributed by atoms with Crippen molar-refractivity contribution in [1.29, 1.82) is 0 Å². The number of carbonyl (C=O) groups excluding carboxylic acids is 1. The quantitative estimate of drug-likeness (QED) is 0.0283. The molecule has 9 heteroatoms. The molecule has 0 heterocycles. The number of nitrogens with two attached hydrogens (primary N) is 1. The number of phosphoric acid groups is 1. The Kier molecular flexibility index (Phi) is 36.4. The number of hydrogen-bond donors (Lipinski definition) is 2. The first kappa shape index (κ1) is 47.0. The number of rotatable bonds is 38. The SMILES string of the molecule is CCCCCC/C=C\CCCCCCCC(=O)O[C@H](COCCCCCC/C=C/CCCCCCCCCC)COP(=O)(O)OCCN. The maximum absolute atomic E-state index is 12.5. The smallest absolute Gasteiger partial charge is 0.457 e. The highest BCUT2D eigenvalue weighted by molar-refractivity contribution is 7.47. The fraction of sp³-hybridized carbons (Fsp3) is 0.872. The summed E-state index contributed by atoms with van der Waals surface area (Å²) < 4.78 is 33.3. The van der Waals surface area contributed by atoms with Crippen LogP contribution in [0.5, 0.6) is 0 Å². The lowest BCUT2D eigenvalue weighted by Crippen LogP contribution is -2.28. The Morgan fingerprint density at radius 1 is 0.604 bits per heavy atom. The van der Waals surface area contributed by atoms with Gasteiger partial charge in [0.25, 0.3) is 0 Å². The van der Waals surface area contributed by atoms with Gasteiger partial charge in [0.1, 0.15) is 6.10 Å². The van der Waals surface area contributed by atoms with Gasteiger partial charge in [-0.05, 0) is 64.2 Å². The molecule has 1 unspecified atom stereocenters. The summed E-state index contributed by atoms with van der Waals surface area (Å²) in [4.78, 5) is 22.4. The normalized spacial score (nSPS) is 13.8. The summed E-state index contributed by atoms with van der Waals surface area (Å²) in [6.07, 6.45) is 39.0. The second-order valence-electron chi connectivity index (χ2n) is 13.1. The van der Waals surface area contributed by atoms with Gasteiger partial charge in [0, 0.05) is 19.6 Å². The Morgan fingerprint density at radius 2 is 1.04 bits per heavy atom. The minimum atomic E-state index is -4.27. The predicted molar refractivity (Wildman–Crippen MR) is 201 cm³/mol. The Balaban J connectivity index is 4.09. The van der Waals surface area contributed by atoms with Crippen molar-refractivity contribution in [2.45, 2.75) is 187 Å². The molecule has 0 aromatic heterocycles. The van der Waals surface area contributed by atoms with Gasteiger partial charge in [0.15, 0.2) is 0 Å². The molecule has 0 saturated heterocycles. The van der Waals surface area contributed by atoms with E-state index >= 15 is 0 Å². The van der Waals surface area contributed by atoms with Crippen molar-refractivity contribution in [3.63, 3.8) is 0 Å². The lowest BCUT2D eigenvalue weighted by molar-refractivity contribution is -0.154. The third kappa shape index (κ3) is 36.3. The van der Waals surface area contributed by atoms with Gasteiger partial charge in [-0.3, -0.25) is 13.8 Å². The van der Waals surface area contributed by atoms with Crippen LogP contribution in [0.1, 0.15) is 181 Å². The molecule has 0 amide bonds. The molecule has 48 heavy (non-hydrogen) atoms. The van der Waals surface area contributed by atoms with Crippen molar-refractivity contribution >= 4 is 13.8 Å². The van der Waals surface area contributed by atoms with Gasteiger partial charge in [-0.25, -0.2) is 4.57 Å². The second kappa shape index (κ2) is 37.2. The highest BCUT2D eigenvalue weighted by Gasteiger charge is 2.25. The number of esters is 1. The summed E-state index contributed by atoms with van der Waals surface area (Å²) in [6.45, 7) is 4.87. The van der Waals surface area contributed by atoms with Gasteiger partial charge in [-0.15, -0.1) is 0 Å². The number of ether oxygens (including phenoxy) is 2. The zero-order valence-electron chi connectivity index (χ0n) is 31.2. The van der Waals surface area contributed by atoms with Gasteiger partial charge >= 0.3 is 13.8 Å².